The zero-order valence-electron chi connectivity index (χ0n) is 44.9. The van der Waals surface area contributed by atoms with E-state index in [0.717, 1.165) is 51.4 Å². The third-order valence-electron chi connectivity index (χ3n) is 13.5. The fraction of sp³-hybridized carbons (Fsp3) is 0.250. The zero-order valence-corrected chi connectivity index (χ0v) is 56.8. The highest BCUT2D eigenvalue weighted by Crippen LogP contribution is 2.34. The van der Waals surface area contributed by atoms with Crippen LogP contribution in [-0.4, -0.2) is 25.4 Å². The van der Waals surface area contributed by atoms with Gasteiger partial charge in [0.15, 0.2) is 0 Å². The molecule has 0 amide bonds. The first-order valence-electron chi connectivity index (χ1n) is 25.9. The number of halogens is 4. The number of aromatic nitrogens is 4. The number of rotatable bonds is 8. The van der Waals surface area contributed by atoms with Crippen LogP contribution in [0.3, 0.4) is 0 Å². The Labute approximate surface area is 538 Å². The smallest absolute Gasteiger partial charge is 0.257 e. The van der Waals surface area contributed by atoms with Gasteiger partial charge in [-0.1, -0.05) is 152 Å². The Morgan fingerprint density at radius 3 is 0.442 bits per heavy atom. The van der Waals surface area contributed by atoms with Crippen LogP contribution in [0.1, 0.15) is 99.9 Å². The van der Waals surface area contributed by atoms with Crippen molar-refractivity contribution < 1.29 is 101 Å². The molecule has 0 saturated carbocycles. The van der Waals surface area contributed by atoms with E-state index in [0.29, 0.717) is 0 Å². The van der Waals surface area contributed by atoms with Crippen molar-refractivity contribution in [1.82, 2.24) is 19.9 Å². The molecule has 0 aliphatic carbocycles. The summed E-state index contributed by atoms with van der Waals surface area (Å²) in [4.78, 5) is 19.7. The van der Waals surface area contributed by atoms with Crippen LogP contribution < -0.4 is 95.9 Å². The topological polar surface area (TPSA) is 83.1 Å². The molecular formula is C64H66I4N4OS4. The fourth-order valence-electron chi connectivity index (χ4n) is 9.42. The average molecular weight is 1540 g/mol. The predicted molar refractivity (Wildman–Crippen MR) is 325 cm³/mol. The molecule has 0 saturated heterocycles. The molecule has 5 nitrogen and oxygen atoms in total. The quantitative estimate of drug-likeness (QED) is 0.0976. The van der Waals surface area contributed by atoms with Crippen molar-refractivity contribution in [3.63, 3.8) is 0 Å². The Bertz CT molecular complexity index is 3180. The molecule has 0 aliphatic heterocycles. The molecule has 0 fully saturated rings. The second-order valence-electron chi connectivity index (χ2n) is 17.8. The Morgan fingerprint density at radius 2 is 0.338 bits per heavy atom. The van der Waals surface area contributed by atoms with Crippen molar-refractivity contribution in [2.45, 2.75) is 107 Å². The molecule has 13 heteroatoms. The maximum atomic E-state index is 4.93. The summed E-state index contributed by atoms with van der Waals surface area (Å²) in [6.45, 7) is 17.5. The Hall–Kier alpha value is -3.28. The first-order chi connectivity index (χ1) is 35.3. The molecule has 0 radical (unpaired) electrons. The van der Waals surface area contributed by atoms with Crippen LogP contribution in [0, 0.1) is 0 Å². The minimum Gasteiger partial charge on any atom is -1.00 e. The third-order valence-corrected chi connectivity index (χ3v) is 17.9. The molecule has 4 aromatic heterocycles. The van der Waals surface area contributed by atoms with Crippen molar-refractivity contribution in [1.29, 1.82) is 0 Å². The van der Waals surface area contributed by atoms with Gasteiger partial charge in [-0.2, -0.15) is 0 Å². The zero-order chi connectivity index (χ0) is 50.1. The van der Waals surface area contributed by atoms with E-state index in [1.54, 1.807) is 0 Å². The van der Waals surface area contributed by atoms with Crippen molar-refractivity contribution >= 4 is 127 Å². The fourth-order valence-corrected chi connectivity index (χ4v) is 13.7. The lowest BCUT2D eigenvalue weighted by molar-refractivity contribution is -0.00100. The molecular weight excluding hydrogens is 1480 g/mol. The number of fused-ring (bicyclic) bond motifs is 8. The number of aryl methyl sites for hydroxylation is 8. The number of hydrogen-bond acceptors (Lipinski definition) is 4. The van der Waals surface area contributed by atoms with Crippen LogP contribution in [0.2, 0.25) is 0 Å². The standard InChI is InChI=1S/4C16H16NS.4HI.H2O/c4*1-3-11-7-5-9-13-15(11)17-16-12(4-2)8-6-10-14(16)18-13;;;;;/h4*5-10H,3-4H2,1-2H3;4*1H;1H2/q4*+1;;;;;/p-4. The van der Waals surface area contributed by atoms with Crippen molar-refractivity contribution in [2.24, 2.45) is 0 Å². The molecule has 77 heavy (non-hydrogen) atoms. The monoisotopic (exact) mass is 1540 g/mol. The first-order valence-corrected chi connectivity index (χ1v) is 29.1. The summed E-state index contributed by atoms with van der Waals surface area (Å²) in [5.41, 5.74) is 20.2. The van der Waals surface area contributed by atoms with Crippen molar-refractivity contribution in [3.05, 3.63) is 190 Å². The highest BCUT2D eigenvalue weighted by molar-refractivity contribution is 7.25. The lowest BCUT2D eigenvalue weighted by Crippen LogP contribution is -3.00. The van der Waals surface area contributed by atoms with E-state index in [2.05, 4.69) is 201 Å². The van der Waals surface area contributed by atoms with Gasteiger partial charge in [0.05, 0.1) is 0 Å². The third kappa shape index (κ3) is 14.8. The van der Waals surface area contributed by atoms with E-state index in [1.807, 2.05) is 45.3 Å². The predicted octanol–water partition coefficient (Wildman–Crippen LogP) is 6.61. The summed E-state index contributed by atoms with van der Waals surface area (Å²) < 4.78 is 10.3. The molecule has 8 aromatic carbocycles. The second-order valence-corrected chi connectivity index (χ2v) is 22.1. The Morgan fingerprint density at radius 1 is 0.221 bits per heavy atom. The molecule has 4 heterocycles. The van der Waals surface area contributed by atoms with Gasteiger partial charge < -0.3 is 101 Å². The maximum absolute atomic E-state index is 4.93. The summed E-state index contributed by atoms with van der Waals surface area (Å²) in [6.07, 6.45) is 8.31. The highest BCUT2D eigenvalue weighted by Gasteiger charge is 2.20. The number of benzene rings is 8. The van der Waals surface area contributed by atoms with E-state index >= 15 is 0 Å². The first kappa shape index (κ1) is 66.2. The van der Waals surface area contributed by atoms with E-state index in [9.17, 15) is 0 Å². The summed E-state index contributed by atoms with van der Waals surface area (Å²) >= 11 is 7.39. The molecule has 0 bridgehead atoms. The number of para-hydroxylation sites is 8. The number of hydrogen-bond donors (Lipinski definition) is 0. The van der Waals surface area contributed by atoms with Gasteiger partial charge in [-0.15, -0.1) is 0 Å². The van der Waals surface area contributed by atoms with Gasteiger partial charge in [0.1, 0.15) is 44.1 Å². The molecule has 12 aromatic rings. The SMILES string of the molecule is CCc1cccc2[s+]c3cccc(CC)c3nc12.CCc1cccc2[s+]c3cccc(CC)c3nc12.CCc1cccc2[s+]c3cccc(CC)c3nc12.CCc1cccc2[s+]c3cccc(CC)c3nc12.O.[I-].[I-].[I-].[I-]. The van der Waals surface area contributed by atoms with E-state index in [-0.39, 0.29) is 101 Å². The van der Waals surface area contributed by atoms with Gasteiger partial charge in [-0.25, -0.2) is 19.9 Å². The van der Waals surface area contributed by atoms with Gasteiger partial charge in [-0.05, 0) is 95.9 Å². The van der Waals surface area contributed by atoms with Gasteiger partial charge in [0.25, 0.3) is 37.6 Å². The minimum absolute atomic E-state index is 0. The Kier molecular flexibility index (Phi) is 27.2. The van der Waals surface area contributed by atoms with E-state index in [4.69, 9.17) is 19.9 Å². The molecule has 12 rings (SSSR count). The van der Waals surface area contributed by atoms with Crippen LogP contribution in [0.4, 0.5) is 0 Å². The largest absolute Gasteiger partial charge is 1.00 e. The molecule has 2 N–H and O–H groups in total. The van der Waals surface area contributed by atoms with Crippen LogP contribution >= 0.6 is 45.3 Å². The van der Waals surface area contributed by atoms with Crippen LogP contribution in [0.5, 0.6) is 0 Å². The lowest BCUT2D eigenvalue weighted by Gasteiger charge is -2.01. The highest BCUT2D eigenvalue weighted by atomic mass is 127. The van der Waals surface area contributed by atoms with E-state index in [1.165, 1.54) is 126 Å². The van der Waals surface area contributed by atoms with Crippen molar-refractivity contribution in [2.75, 3.05) is 0 Å². The van der Waals surface area contributed by atoms with Crippen LogP contribution in [0.25, 0.3) is 81.7 Å². The van der Waals surface area contributed by atoms with Gasteiger partial charge in [0, 0.05) is 48.5 Å². The lowest BCUT2D eigenvalue weighted by atomic mass is 10.1. The average Bonchev–Trinajstić information content (AvgIpc) is 3.44. The molecule has 0 spiro atoms. The maximum Gasteiger partial charge on any atom is 0.257 e. The van der Waals surface area contributed by atoms with E-state index < -0.39 is 0 Å². The summed E-state index contributed by atoms with van der Waals surface area (Å²) in [5.74, 6) is 0. The minimum atomic E-state index is 0. The van der Waals surface area contributed by atoms with Crippen LogP contribution in [0.15, 0.2) is 146 Å². The molecule has 0 unspecified atom stereocenters. The van der Waals surface area contributed by atoms with Gasteiger partial charge >= 0.3 is 0 Å². The Balaban J connectivity index is 0.000000217. The number of nitrogens with zero attached hydrogens (tertiary/aromatic N) is 4. The van der Waals surface area contributed by atoms with Gasteiger partial charge in [-0.3, -0.25) is 0 Å². The summed E-state index contributed by atoms with van der Waals surface area (Å²) in [6, 6.07) is 51.9. The van der Waals surface area contributed by atoms with Gasteiger partial charge in [0.2, 0.25) is 45.3 Å². The normalized spacial score (nSPS) is 10.5. The second kappa shape index (κ2) is 31.6. The van der Waals surface area contributed by atoms with Crippen LogP contribution in [-0.2, 0) is 51.4 Å². The molecule has 400 valence electrons. The molecule has 0 atom stereocenters. The molecule has 0 aliphatic rings. The van der Waals surface area contributed by atoms with Crippen molar-refractivity contribution in [3.8, 4) is 0 Å². The summed E-state index contributed by atoms with van der Waals surface area (Å²) in [5, 5.41) is 0. The summed E-state index contributed by atoms with van der Waals surface area (Å²) in [7, 11) is 0.